The SMILES string of the molecule is Cc1cc(Cl)ccc1[C@H](N1CCNCC1)C(F)(F)CO.Cl. The number of alkyl halides is 2. The van der Waals surface area contributed by atoms with E-state index >= 15 is 0 Å². The zero-order valence-corrected chi connectivity index (χ0v) is 13.4. The van der Waals surface area contributed by atoms with Crippen molar-refractivity contribution in [3.8, 4) is 0 Å². The third-order valence-corrected chi connectivity index (χ3v) is 3.89. The summed E-state index contributed by atoms with van der Waals surface area (Å²) < 4.78 is 28.4. The molecule has 2 rings (SSSR count). The summed E-state index contributed by atoms with van der Waals surface area (Å²) >= 11 is 5.90. The smallest absolute Gasteiger partial charge is 0.289 e. The fourth-order valence-electron chi connectivity index (χ4n) is 2.66. The molecular weight excluding hydrogens is 321 g/mol. The molecule has 0 radical (unpaired) electrons. The average molecular weight is 341 g/mol. The third-order valence-electron chi connectivity index (χ3n) is 3.65. The Bertz CT molecular complexity index is 468. The fraction of sp³-hybridized carbons (Fsp3) is 0.571. The van der Waals surface area contributed by atoms with Gasteiger partial charge >= 0.3 is 0 Å². The molecule has 1 heterocycles. The molecule has 1 fully saturated rings. The van der Waals surface area contributed by atoms with Crippen molar-refractivity contribution in [3.63, 3.8) is 0 Å². The summed E-state index contributed by atoms with van der Waals surface area (Å²) in [4.78, 5) is 1.73. The van der Waals surface area contributed by atoms with Crippen LogP contribution >= 0.6 is 24.0 Å². The fourth-order valence-corrected chi connectivity index (χ4v) is 2.89. The predicted molar refractivity (Wildman–Crippen MR) is 82.7 cm³/mol. The van der Waals surface area contributed by atoms with E-state index in [4.69, 9.17) is 16.7 Å². The maximum absolute atomic E-state index is 14.2. The van der Waals surface area contributed by atoms with Crippen LogP contribution in [0.5, 0.6) is 0 Å². The Hall–Kier alpha value is -0.460. The first kappa shape index (κ1) is 18.6. The third kappa shape index (κ3) is 4.27. The van der Waals surface area contributed by atoms with Crippen molar-refractivity contribution in [3.05, 3.63) is 34.3 Å². The van der Waals surface area contributed by atoms with Gasteiger partial charge in [0.1, 0.15) is 12.6 Å². The van der Waals surface area contributed by atoms with Crippen LogP contribution in [0.15, 0.2) is 18.2 Å². The summed E-state index contributed by atoms with van der Waals surface area (Å²) in [5.74, 6) is -3.18. The van der Waals surface area contributed by atoms with Crippen LogP contribution < -0.4 is 5.32 Å². The van der Waals surface area contributed by atoms with Crippen molar-refractivity contribution < 1.29 is 13.9 Å². The highest BCUT2D eigenvalue weighted by atomic mass is 35.5. The number of aryl methyl sites for hydroxylation is 1. The monoisotopic (exact) mass is 340 g/mol. The second-order valence-corrected chi connectivity index (χ2v) is 5.54. The van der Waals surface area contributed by atoms with Gasteiger partial charge in [-0.2, -0.15) is 0 Å². The van der Waals surface area contributed by atoms with Crippen LogP contribution in [0.2, 0.25) is 5.02 Å². The molecule has 3 nitrogen and oxygen atoms in total. The van der Waals surface area contributed by atoms with Gasteiger partial charge in [-0.15, -0.1) is 12.4 Å². The number of piperazine rings is 1. The van der Waals surface area contributed by atoms with Gasteiger partial charge in [0, 0.05) is 31.2 Å². The van der Waals surface area contributed by atoms with E-state index in [9.17, 15) is 8.78 Å². The van der Waals surface area contributed by atoms with E-state index in [1.165, 1.54) is 0 Å². The lowest BCUT2D eigenvalue weighted by Crippen LogP contribution is -2.51. The molecule has 120 valence electrons. The topological polar surface area (TPSA) is 35.5 Å². The minimum Gasteiger partial charge on any atom is -0.390 e. The molecule has 0 unspecified atom stereocenters. The summed E-state index contributed by atoms with van der Waals surface area (Å²) in [6, 6.07) is 3.81. The summed E-state index contributed by atoms with van der Waals surface area (Å²) in [5, 5.41) is 12.8. The minimum atomic E-state index is -3.18. The van der Waals surface area contributed by atoms with Crippen LogP contribution in [0, 0.1) is 6.92 Å². The maximum Gasteiger partial charge on any atom is 0.289 e. The van der Waals surface area contributed by atoms with Gasteiger partial charge in [0.2, 0.25) is 0 Å². The van der Waals surface area contributed by atoms with Gasteiger partial charge in [-0.3, -0.25) is 4.90 Å². The van der Waals surface area contributed by atoms with E-state index in [0.29, 0.717) is 42.3 Å². The van der Waals surface area contributed by atoms with Crippen LogP contribution in [0.25, 0.3) is 0 Å². The largest absolute Gasteiger partial charge is 0.390 e. The minimum absolute atomic E-state index is 0. The van der Waals surface area contributed by atoms with Gasteiger partial charge < -0.3 is 10.4 Å². The molecule has 7 heteroatoms. The predicted octanol–water partition coefficient (Wildman–Crippen LogP) is 2.64. The first-order valence-electron chi connectivity index (χ1n) is 6.65. The molecule has 0 spiro atoms. The van der Waals surface area contributed by atoms with Crippen molar-refractivity contribution in [2.24, 2.45) is 0 Å². The van der Waals surface area contributed by atoms with E-state index in [0.717, 1.165) is 0 Å². The van der Waals surface area contributed by atoms with Crippen LogP contribution in [0.4, 0.5) is 8.78 Å². The molecule has 2 N–H and O–H groups in total. The Morgan fingerprint density at radius 2 is 2.00 bits per heavy atom. The van der Waals surface area contributed by atoms with Crippen molar-refractivity contribution in [2.75, 3.05) is 32.8 Å². The van der Waals surface area contributed by atoms with E-state index in [1.807, 2.05) is 0 Å². The summed E-state index contributed by atoms with van der Waals surface area (Å²) in [6.07, 6.45) is 0. The van der Waals surface area contributed by atoms with E-state index in [-0.39, 0.29) is 12.4 Å². The van der Waals surface area contributed by atoms with Crippen molar-refractivity contribution in [1.29, 1.82) is 0 Å². The number of benzene rings is 1. The number of aliphatic hydroxyl groups excluding tert-OH is 1. The Labute approximate surface area is 134 Å². The molecule has 0 aliphatic carbocycles. The van der Waals surface area contributed by atoms with Crippen LogP contribution in [0.3, 0.4) is 0 Å². The summed E-state index contributed by atoms with van der Waals surface area (Å²) in [7, 11) is 0. The van der Waals surface area contributed by atoms with Gasteiger partial charge in [-0.05, 0) is 30.2 Å². The molecule has 0 saturated carbocycles. The van der Waals surface area contributed by atoms with Gasteiger partial charge in [-0.1, -0.05) is 17.7 Å². The van der Waals surface area contributed by atoms with Crippen molar-refractivity contribution >= 4 is 24.0 Å². The van der Waals surface area contributed by atoms with Crippen LogP contribution in [-0.4, -0.2) is 48.7 Å². The van der Waals surface area contributed by atoms with E-state index in [1.54, 1.807) is 30.0 Å². The number of hydrogen-bond acceptors (Lipinski definition) is 3. The molecule has 0 bridgehead atoms. The lowest BCUT2D eigenvalue weighted by molar-refractivity contribution is -0.118. The maximum atomic E-state index is 14.2. The van der Waals surface area contributed by atoms with Gasteiger partial charge in [-0.25, -0.2) is 8.78 Å². The Morgan fingerprint density at radius 1 is 1.38 bits per heavy atom. The molecule has 1 aliphatic rings. The van der Waals surface area contributed by atoms with Crippen molar-refractivity contribution in [1.82, 2.24) is 10.2 Å². The summed E-state index contributed by atoms with van der Waals surface area (Å²) in [5.41, 5.74) is 1.24. The number of nitrogens with one attached hydrogen (secondary N) is 1. The number of nitrogens with zero attached hydrogens (tertiary/aromatic N) is 1. The van der Waals surface area contributed by atoms with Crippen LogP contribution in [0.1, 0.15) is 17.2 Å². The molecule has 21 heavy (non-hydrogen) atoms. The first-order valence-corrected chi connectivity index (χ1v) is 7.03. The highest BCUT2D eigenvalue weighted by Gasteiger charge is 2.44. The highest BCUT2D eigenvalue weighted by Crippen LogP contribution is 2.38. The van der Waals surface area contributed by atoms with E-state index < -0.39 is 18.6 Å². The van der Waals surface area contributed by atoms with Gasteiger partial charge in [0.25, 0.3) is 5.92 Å². The molecule has 1 saturated heterocycles. The van der Waals surface area contributed by atoms with Crippen LogP contribution in [-0.2, 0) is 0 Å². The zero-order valence-electron chi connectivity index (χ0n) is 11.8. The molecule has 1 atom stereocenters. The number of aliphatic hydroxyl groups is 1. The van der Waals surface area contributed by atoms with Gasteiger partial charge in [0.05, 0.1) is 0 Å². The molecule has 1 aliphatic heterocycles. The zero-order chi connectivity index (χ0) is 14.8. The number of hydrogen-bond donors (Lipinski definition) is 2. The average Bonchev–Trinajstić information content (AvgIpc) is 2.43. The molecule has 1 aromatic rings. The van der Waals surface area contributed by atoms with Gasteiger partial charge in [0.15, 0.2) is 0 Å². The molecule has 0 aromatic heterocycles. The van der Waals surface area contributed by atoms with Crippen molar-refractivity contribution in [2.45, 2.75) is 18.9 Å². The Morgan fingerprint density at radius 3 is 2.52 bits per heavy atom. The second kappa shape index (κ2) is 7.70. The Balaban J connectivity index is 0.00000220. The summed E-state index contributed by atoms with van der Waals surface area (Å²) in [6.45, 7) is 3.01. The Kier molecular flexibility index (Phi) is 6.81. The lowest BCUT2D eigenvalue weighted by atomic mass is 9.94. The normalized spacial score (nSPS) is 18.1. The second-order valence-electron chi connectivity index (χ2n) is 5.11. The lowest BCUT2D eigenvalue weighted by Gasteiger charge is -2.39. The molecule has 1 aromatic carbocycles. The number of rotatable bonds is 4. The standard InChI is InChI=1S/C14H19ClF2N2O.ClH/c1-10-8-11(15)2-3-12(10)13(14(16,17)9-20)19-6-4-18-5-7-19;/h2-3,8,13,18,20H,4-7,9H2,1H3;1H/t13-;/m0./s1. The molecule has 0 amide bonds. The molecular formula is C14H20Cl2F2N2O. The quantitative estimate of drug-likeness (QED) is 0.884. The number of halogens is 4. The van der Waals surface area contributed by atoms with E-state index in [2.05, 4.69) is 5.32 Å². The highest BCUT2D eigenvalue weighted by molar-refractivity contribution is 6.30. The first-order chi connectivity index (χ1) is 9.45.